The first-order valence-corrected chi connectivity index (χ1v) is 11.0. The number of aromatic amines is 1. The quantitative estimate of drug-likeness (QED) is 0.696. The number of nitrogens with one attached hydrogen (secondary N) is 1. The van der Waals surface area contributed by atoms with Crippen molar-refractivity contribution in [2.75, 3.05) is 6.16 Å². The average Bonchev–Trinajstić information content (AvgIpc) is 2.88. The van der Waals surface area contributed by atoms with E-state index in [1.54, 1.807) is 0 Å². The van der Waals surface area contributed by atoms with E-state index in [0.717, 1.165) is 29.0 Å². The SMILES string of the molecule is Cc1cc(C)c2[nH]c(=O)c([P+]3(N)C[C@H]4CC[C@H](C4)C[C@H]3O)cc2c1. The van der Waals surface area contributed by atoms with Gasteiger partial charge in [-0.1, -0.05) is 11.6 Å². The van der Waals surface area contributed by atoms with Gasteiger partial charge in [0.05, 0.1) is 11.7 Å². The molecule has 0 radical (unpaired) electrons. The van der Waals surface area contributed by atoms with Gasteiger partial charge in [-0.2, -0.15) is 5.50 Å². The zero-order chi connectivity index (χ0) is 17.1. The minimum Gasteiger partial charge on any atom is -0.358 e. The molecule has 24 heavy (non-hydrogen) atoms. The van der Waals surface area contributed by atoms with E-state index in [-0.39, 0.29) is 5.56 Å². The molecule has 2 aliphatic rings. The van der Waals surface area contributed by atoms with Gasteiger partial charge in [0.1, 0.15) is 7.41 Å². The van der Waals surface area contributed by atoms with E-state index in [1.165, 1.54) is 24.8 Å². The van der Waals surface area contributed by atoms with Crippen LogP contribution in [-0.2, 0) is 0 Å². The molecule has 2 heterocycles. The largest absolute Gasteiger partial charge is 0.358 e. The summed E-state index contributed by atoms with van der Waals surface area (Å²) in [6.45, 7) is 4.07. The van der Waals surface area contributed by atoms with Crippen LogP contribution in [0, 0.1) is 25.7 Å². The standard InChI is InChI=1S/C19H25N2O2P/c1-11-5-12(2)18-15(6-11)9-16(19(23)21-18)24(20)10-14-4-3-13(7-14)8-17(24)22/h5-6,9,13-14,17,22H,3-4,7-8,10,20H2,1-2H3/p+1/t13-,14+,17+,24?/m1/s1. The number of pyridine rings is 1. The Kier molecular flexibility index (Phi) is 3.83. The first-order valence-electron chi connectivity index (χ1n) is 8.86. The number of benzene rings is 1. The fraction of sp³-hybridized carbons (Fsp3) is 0.526. The minimum atomic E-state index is -2.35. The molecule has 5 heteroatoms. The van der Waals surface area contributed by atoms with Crippen LogP contribution >= 0.6 is 7.41 Å². The number of nitrogens with two attached hydrogens (primary N) is 1. The van der Waals surface area contributed by atoms with Gasteiger partial charge in [0.25, 0.3) is 5.56 Å². The third kappa shape index (κ3) is 2.52. The van der Waals surface area contributed by atoms with Crippen LogP contribution in [0.15, 0.2) is 23.0 Å². The van der Waals surface area contributed by atoms with E-state index in [9.17, 15) is 9.90 Å². The molecule has 1 unspecified atom stereocenters. The lowest BCUT2D eigenvalue weighted by atomic mass is 10.0. The summed E-state index contributed by atoms with van der Waals surface area (Å²) in [5, 5.41) is 12.5. The first kappa shape index (κ1) is 16.3. The Morgan fingerprint density at radius 3 is 2.71 bits per heavy atom. The second-order valence-electron chi connectivity index (χ2n) is 7.90. The summed E-state index contributed by atoms with van der Waals surface area (Å²) >= 11 is 0. The lowest BCUT2D eigenvalue weighted by Gasteiger charge is -2.28. The molecule has 1 aliphatic carbocycles. The Bertz CT molecular complexity index is 862. The van der Waals surface area contributed by atoms with Gasteiger partial charge in [0.2, 0.25) is 0 Å². The number of H-pyrrole nitrogens is 1. The highest BCUT2D eigenvalue weighted by Gasteiger charge is 2.52. The fourth-order valence-corrected chi connectivity index (χ4v) is 8.27. The van der Waals surface area contributed by atoms with Gasteiger partial charge in [0.15, 0.2) is 11.1 Å². The van der Waals surface area contributed by atoms with Crippen molar-refractivity contribution in [3.63, 3.8) is 0 Å². The van der Waals surface area contributed by atoms with Crippen LogP contribution in [0.5, 0.6) is 0 Å². The molecule has 1 aromatic heterocycles. The van der Waals surface area contributed by atoms with E-state index >= 15 is 0 Å². The molecule has 1 saturated carbocycles. The Balaban J connectivity index is 1.88. The summed E-state index contributed by atoms with van der Waals surface area (Å²) < 4.78 is 0. The van der Waals surface area contributed by atoms with Crippen LogP contribution in [0.25, 0.3) is 10.9 Å². The molecule has 1 aliphatic heterocycles. The molecule has 0 spiro atoms. The molecule has 4 N–H and O–H groups in total. The Morgan fingerprint density at radius 2 is 1.92 bits per heavy atom. The number of aromatic nitrogens is 1. The molecular formula is C19H26N2O2P+. The number of aryl methyl sites for hydroxylation is 2. The second-order valence-corrected chi connectivity index (χ2v) is 11.2. The number of hydrogen-bond donors (Lipinski definition) is 3. The van der Waals surface area contributed by atoms with Crippen LogP contribution in [0.1, 0.15) is 36.8 Å². The van der Waals surface area contributed by atoms with Gasteiger partial charge in [-0.15, -0.1) is 0 Å². The summed E-state index contributed by atoms with van der Waals surface area (Å²) in [4.78, 5) is 15.9. The van der Waals surface area contributed by atoms with Gasteiger partial charge in [0, 0.05) is 11.8 Å². The number of hydrogen-bond acceptors (Lipinski definition) is 3. The minimum absolute atomic E-state index is 0.109. The molecule has 1 saturated heterocycles. The van der Waals surface area contributed by atoms with E-state index in [2.05, 4.69) is 24.0 Å². The molecule has 4 nitrogen and oxygen atoms in total. The number of rotatable bonds is 1. The molecule has 0 amide bonds. The van der Waals surface area contributed by atoms with Gasteiger partial charge in [-0.3, -0.25) is 4.79 Å². The molecule has 4 rings (SSSR count). The molecule has 4 atom stereocenters. The van der Waals surface area contributed by atoms with Crippen LogP contribution < -0.4 is 16.4 Å². The van der Waals surface area contributed by atoms with Crippen molar-refractivity contribution in [2.45, 2.75) is 45.4 Å². The van der Waals surface area contributed by atoms with Crippen LogP contribution in [0.4, 0.5) is 0 Å². The van der Waals surface area contributed by atoms with Crippen molar-refractivity contribution in [3.8, 4) is 0 Å². The molecular weight excluding hydrogens is 319 g/mol. The lowest BCUT2D eigenvalue weighted by molar-refractivity contribution is 0.219. The van der Waals surface area contributed by atoms with E-state index < -0.39 is 13.3 Å². The molecule has 128 valence electrons. The zero-order valence-corrected chi connectivity index (χ0v) is 15.3. The van der Waals surface area contributed by atoms with Gasteiger partial charge >= 0.3 is 0 Å². The predicted molar refractivity (Wildman–Crippen MR) is 101 cm³/mol. The van der Waals surface area contributed by atoms with Crippen molar-refractivity contribution in [3.05, 3.63) is 39.7 Å². The van der Waals surface area contributed by atoms with Crippen LogP contribution in [0.3, 0.4) is 0 Å². The smallest absolute Gasteiger partial charge is 0.292 e. The summed E-state index contributed by atoms with van der Waals surface area (Å²) in [6, 6.07) is 6.12. The lowest BCUT2D eigenvalue weighted by Crippen LogP contribution is -2.41. The Morgan fingerprint density at radius 1 is 1.17 bits per heavy atom. The van der Waals surface area contributed by atoms with Crippen LogP contribution in [0.2, 0.25) is 0 Å². The van der Waals surface area contributed by atoms with E-state index in [1.807, 2.05) is 13.0 Å². The van der Waals surface area contributed by atoms with Crippen molar-refractivity contribution in [1.29, 1.82) is 0 Å². The maximum Gasteiger partial charge on any atom is 0.292 e. The topological polar surface area (TPSA) is 79.1 Å². The predicted octanol–water partition coefficient (Wildman–Crippen LogP) is 2.80. The van der Waals surface area contributed by atoms with Gasteiger partial charge in [-0.05, 0) is 62.6 Å². The number of fused-ring (bicyclic) bond motifs is 3. The highest BCUT2D eigenvalue weighted by Crippen LogP contribution is 2.61. The fourth-order valence-electron chi connectivity index (χ4n) is 4.84. The molecule has 2 bridgehead atoms. The molecule has 2 aromatic rings. The third-order valence-corrected chi connectivity index (χ3v) is 9.63. The first-order chi connectivity index (χ1) is 11.4. The van der Waals surface area contributed by atoms with Crippen molar-refractivity contribution >= 4 is 23.6 Å². The highest BCUT2D eigenvalue weighted by molar-refractivity contribution is 7.81. The Hall–Kier alpha value is -1.22. The zero-order valence-electron chi connectivity index (χ0n) is 14.4. The van der Waals surface area contributed by atoms with E-state index in [4.69, 9.17) is 5.50 Å². The summed E-state index contributed by atoms with van der Waals surface area (Å²) in [6.07, 6.45) is 5.13. The molecule has 1 aromatic carbocycles. The average molecular weight is 345 g/mol. The molecule has 2 fully saturated rings. The highest BCUT2D eigenvalue weighted by atomic mass is 31.2. The summed E-state index contributed by atoms with van der Waals surface area (Å²) in [5.41, 5.74) is 9.83. The second kappa shape index (κ2) is 5.66. The van der Waals surface area contributed by atoms with Crippen molar-refractivity contribution in [1.82, 2.24) is 4.98 Å². The number of aliphatic hydroxyl groups excluding tert-OH is 1. The normalized spacial score (nSPS) is 32.9. The third-order valence-electron chi connectivity index (χ3n) is 6.01. The number of aliphatic hydroxyl groups is 1. The Labute approximate surface area is 142 Å². The summed E-state index contributed by atoms with van der Waals surface area (Å²) in [7, 11) is -2.35. The van der Waals surface area contributed by atoms with Crippen LogP contribution in [-0.4, -0.2) is 22.1 Å². The van der Waals surface area contributed by atoms with E-state index in [0.29, 0.717) is 17.1 Å². The van der Waals surface area contributed by atoms with Gasteiger partial charge < -0.3 is 10.1 Å². The monoisotopic (exact) mass is 345 g/mol. The maximum absolute atomic E-state index is 12.8. The van der Waals surface area contributed by atoms with Gasteiger partial charge in [-0.25, -0.2) is 0 Å². The van der Waals surface area contributed by atoms with Crippen molar-refractivity contribution in [2.24, 2.45) is 17.3 Å². The maximum atomic E-state index is 12.8. The van der Waals surface area contributed by atoms with Crippen molar-refractivity contribution < 1.29 is 5.11 Å². The summed E-state index contributed by atoms with van der Waals surface area (Å²) in [5.74, 6) is 0.608.